The van der Waals surface area contributed by atoms with Crippen LogP contribution < -0.4 is 9.80 Å². The van der Waals surface area contributed by atoms with Gasteiger partial charge in [-0.1, -0.05) is 184 Å². The fourth-order valence-corrected chi connectivity index (χ4v) is 11.7. The highest BCUT2D eigenvalue weighted by molar-refractivity contribution is 5.94. The number of unbranched alkanes of at least 4 members (excludes halogenated alkanes) is 4. The zero-order valence-corrected chi connectivity index (χ0v) is 46.9. The monoisotopic (exact) mass is 959 g/mol. The van der Waals surface area contributed by atoms with Gasteiger partial charge in [-0.25, -0.2) is 0 Å². The van der Waals surface area contributed by atoms with Crippen molar-refractivity contribution < 1.29 is 0 Å². The van der Waals surface area contributed by atoms with E-state index in [1.165, 1.54) is 177 Å². The summed E-state index contributed by atoms with van der Waals surface area (Å²) in [5.41, 5.74) is 23.6. The smallest absolute Gasteiger partial charge is 0.0520 e. The second kappa shape index (κ2) is 25.9. The van der Waals surface area contributed by atoms with Crippen LogP contribution in [0, 0.1) is 53.4 Å². The van der Waals surface area contributed by atoms with E-state index in [2.05, 4.69) is 214 Å². The SMILES string of the molecule is CCCCc1cc(C)c(N(c2ccc(C)cc2)c2ccc(N(c3ccc(-c4cc(CC(CC)CCCC)c5cc(C)cc(CC(CC)CCCC)c5c4)cc3)c3c(C)cc(CCCC)cc3C)cc2)c(C)c1. The van der Waals surface area contributed by atoms with Crippen molar-refractivity contribution in [1.82, 2.24) is 0 Å². The van der Waals surface area contributed by atoms with Crippen LogP contribution in [0.4, 0.5) is 34.1 Å². The van der Waals surface area contributed by atoms with E-state index in [1.54, 1.807) is 0 Å². The third-order valence-electron chi connectivity index (χ3n) is 15.8. The summed E-state index contributed by atoms with van der Waals surface area (Å²) >= 11 is 0. The number of aryl methyl sites for hydroxylation is 8. The number of nitrogens with zero attached hydrogens (tertiary/aromatic N) is 2. The fourth-order valence-electron chi connectivity index (χ4n) is 11.7. The molecule has 7 rings (SSSR count). The quantitative estimate of drug-likeness (QED) is 0.0563. The number of hydrogen-bond acceptors (Lipinski definition) is 2. The minimum Gasteiger partial charge on any atom is -0.310 e. The Morgan fingerprint density at radius 2 is 0.736 bits per heavy atom. The Morgan fingerprint density at radius 3 is 1.14 bits per heavy atom. The molecule has 0 saturated carbocycles. The zero-order chi connectivity index (χ0) is 51.3. The molecule has 2 nitrogen and oxygen atoms in total. The molecule has 0 aliphatic carbocycles. The molecule has 7 aromatic rings. The Bertz CT molecular complexity index is 2780. The molecule has 0 aliphatic heterocycles. The lowest BCUT2D eigenvalue weighted by Gasteiger charge is -2.32. The molecule has 0 aliphatic rings. The van der Waals surface area contributed by atoms with Gasteiger partial charge in [0.05, 0.1) is 11.4 Å². The maximum Gasteiger partial charge on any atom is 0.0520 e. The minimum atomic E-state index is 0.690. The molecule has 0 N–H and O–H groups in total. The molecule has 7 aromatic carbocycles. The summed E-state index contributed by atoms with van der Waals surface area (Å²) in [6.45, 7) is 27.7. The van der Waals surface area contributed by atoms with Gasteiger partial charge in [-0.05, 0) is 213 Å². The van der Waals surface area contributed by atoms with E-state index in [-0.39, 0.29) is 0 Å². The predicted molar refractivity (Wildman–Crippen MR) is 318 cm³/mol. The van der Waals surface area contributed by atoms with Crippen molar-refractivity contribution in [3.8, 4) is 11.1 Å². The van der Waals surface area contributed by atoms with Crippen LogP contribution in [0.5, 0.6) is 0 Å². The first-order chi connectivity index (χ1) is 34.9. The summed E-state index contributed by atoms with van der Waals surface area (Å²) in [6.07, 6.45) is 19.5. The molecule has 72 heavy (non-hydrogen) atoms. The van der Waals surface area contributed by atoms with Crippen molar-refractivity contribution in [2.75, 3.05) is 9.80 Å². The van der Waals surface area contributed by atoms with Crippen molar-refractivity contribution in [2.24, 2.45) is 11.8 Å². The lowest BCUT2D eigenvalue weighted by molar-refractivity contribution is 0.449. The summed E-state index contributed by atoms with van der Waals surface area (Å²) < 4.78 is 0. The lowest BCUT2D eigenvalue weighted by atomic mass is 9.84. The van der Waals surface area contributed by atoms with Crippen LogP contribution in [0.25, 0.3) is 21.9 Å². The first-order valence-corrected chi connectivity index (χ1v) is 28.5. The lowest BCUT2D eigenvalue weighted by Crippen LogP contribution is -2.15. The number of anilines is 6. The van der Waals surface area contributed by atoms with Gasteiger partial charge in [-0.2, -0.15) is 0 Å². The highest BCUT2D eigenvalue weighted by atomic mass is 15.2. The van der Waals surface area contributed by atoms with Crippen molar-refractivity contribution >= 4 is 44.9 Å². The van der Waals surface area contributed by atoms with E-state index >= 15 is 0 Å². The van der Waals surface area contributed by atoms with Crippen LogP contribution in [0.3, 0.4) is 0 Å². The summed E-state index contributed by atoms with van der Waals surface area (Å²) in [5.74, 6) is 1.40. The van der Waals surface area contributed by atoms with Gasteiger partial charge in [0.25, 0.3) is 0 Å². The Morgan fingerprint density at radius 1 is 0.361 bits per heavy atom. The van der Waals surface area contributed by atoms with Gasteiger partial charge in [-0.3, -0.25) is 0 Å². The summed E-state index contributed by atoms with van der Waals surface area (Å²) in [7, 11) is 0. The summed E-state index contributed by atoms with van der Waals surface area (Å²) in [6, 6.07) is 47.8. The van der Waals surface area contributed by atoms with E-state index in [1.807, 2.05) is 0 Å². The first kappa shape index (κ1) is 54.2. The molecule has 0 bridgehead atoms. The molecule has 0 saturated heterocycles. The number of rotatable bonds is 25. The largest absolute Gasteiger partial charge is 0.310 e. The Hall–Kier alpha value is -5.60. The number of fused-ring (bicyclic) bond motifs is 1. The van der Waals surface area contributed by atoms with Crippen LogP contribution in [0.15, 0.2) is 121 Å². The van der Waals surface area contributed by atoms with Crippen LogP contribution in [-0.4, -0.2) is 0 Å². The van der Waals surface area contributed by atoms with Crippen molar-refractivity contribution in [3.05, 3.63) is 177 Å². The van der Waals surface area contributed by atoms with Crippen molar-refractivity contribution in [2.45, 2.75) is 186 Å². The Kier molecular flexibility index (Phi) is 19.5. The summed E-state index contributed by atoms with van der Waals surface area (Å²) in [5, 5.41) is 2.94. The van der Waals surface area contributed by atoms with Crippen LogP contribution >= 0.6 is 0 Å². The predicted octanol–water partition coefficient (Wildman–Crippen LogP) is 21.5. The van der Waals surface area contributed by atoms with Gasteiger partial charge < -0.3 is 9.80 Å². The van der Waals surface area contributed by atoms with Crippen LogP contribution in [-0.2, 0) is 25.7 Å². The van der Waals surface area contributed by atoms with Crippen molar-refractivity contribution in [3.63, 3.8) is 0 Å². The molecule has 0 radical (unpaired) electrons. The van der Waals surface area contributed by atoms with E-state index in [0.29, 0.717) is 11.8 Å². The third-order valence-corrected chi connectivity index (χ3v) is 15.8. The molecule has 2 unspecified atom stereocenters. The van der Waals surface area contributed by atoms with Gasteiger partial charge in [0.15, 0.2) is 0 Å². The number of hydrogen-bond donors (Lipinski definition) is 0. The Labute approximate surface area is 438 Å². The molecule has 380 valence electrons. The molecule has 2 heteroatoms. The molecule has 0 amide bonds. The van der Waals surface area contributed by atoms with E-state index < -0.39 is 0 Å². The standard InChI is InChI=1S/C70H90N2/c1-13-19-23-55(17-5)45-61-39-50(8)40-67-62(46-56(18-6)24-20-14-2)47-60(48-68(61)67)59-29-33-64(34-30-59)72(70-53(11)43-58(26-22-16-4)44-54(70)12)66-37-35-65(36-38-66)71(63-31-27-49(7)28-32-63)69-51(9)41-57(25-21-15-3)42-52(69)10/h27-44,47-48,55-56H,13-26,45-46H2,1-12H3. The second-order valence-electron chi connectivity index (χ2n) is 21.8. The molecule has 0 spiro atoms. The van der Waals surface area contributed by atoms with Crippen molar-refractivity contribution in [1.29, 1.82) is 0 Å². The van der Waals surface area contributed by atoms with Crippen LogP contribution in [0.1, 0.15) is 174 Å². The molecule has 0 aromatic heterocycles. The molecule has 0 heterocycles. The molecule has 2 atom stereocenters. The van der Waals surface area contributed by atoms with E-state index in [4.69, 9.17) is 0 Å². The average Bonchev–Trinajstić information content (AvgIpc) is 3.37. The van der Waals surface area contributed by atoms with E-state index in [0.717, 1.165) is 37.1 Å². The average molecular weight is 960 g/mol. The zero-order valence-electron chi connectivity index (χ0n) is 46.9. The highest BCUT2D eigenvalue weighted by Crippen LogP contribution is 2.44. The summed E-state index contributed by atoms with van der Waals surface area (Å²) in [4.78, 5) is 4.99. The minimum absolute atomic E-state index is 0.690. The van der Waals surface area contributed by atoms with Gasteiger partial charge >= 0.3 is 0 Å². The second-order valence-corrected chi connectivity index (χ2v) is 21.8. The van der Waals surface area contributed by atoms with Gasteiger partial charge in [0.1, 0.15) is 0 Å². The van der Waals surface area contributed by atoms with Gasteiger partial charge in [0, 0.05) is 22.7 Å². The molecular formula is C70H90N2. The van der Waals surface area contributed by atoms with Gasteiger partial charge in [0.2, 0.25) is 0 Å². The topological polar surface area (TPSA) is 6.48 Å². The normalized spacial score (nSPS) is 12.4. The Balaban J connectivity index is 1.35. The fraction of sp³-hybridized carbons (Fsp3) is 0.429. The molecule has 0 fully saturated rings. The van der Waals surface area contributed by atoms with E-state index in [9.17, 15) is 0 Å². The number of benzene rings is 7. The molecular weight excluding hydrogens is 869 g/mol. The van der Waals surface area contributed by atoms with Crippen LogP contribution in [0.2, 0.25) is 0 Å². The maximum absolute atomic E-state index is 2.56. The first-order valence-electron chi connectivity index (χ1n) is 28.5. The highest BCUT2D eigenvalue weighted by Gasteiger charge is 2.23. The maximum atomic E-state index is 2.56. The third kappa shape index (κ3) is 13.1. The van der Waals surface area contributed by atoms with Gasteiger partial charge in [-0.15, -0.1) is 0 Å².